The zero-order valence-electron chi connectivity index (χ0n) is 14.2. The molecule has 0 spiro atoms. The zero-order chi connectivity index (χ0) is 17.7. The van der Waals surface area contributed by atoms with Gasteiger partial charge in [-0.15, -0.1) is 0 Å². The first kappa shape index (κ1) is 18.0. The molecule has 0 unspecified atom stereocenters. The monoisotopic (exact) mass is 333 g/mol. The third kappa shape index (κ3) is 3.59. The van der Waals surface area contributed by atoms with Gasteiger partial charge >= 0.3 is 0 Å². The summed E-state index contributed by atoms with van der Waals surface area (Å²) >= 11 is 0. The summed E-state index contributed by atoms with van der Waals surface area (Å²) in [5, 5.41) is 10.1. The number of benzene rings is 1. The van der Waals surface area contributed by atoms with Gasteiger partial charge in [-0.3, -0.25) is 9.59 Å². The van der Waals surface area contributed by atoms with Crippen LogP contribution in [-0.4, -0.2) is 48.6 Å². The molecule has 2 rings (SSSR count). The van der Waals surface area contributed by atoms with Crippen molar-refractivity contribution in [1.29, 1.82) is 0 Å². The van der Waals surface area contributed by atoms with Gasteiger partial charge in [0.15, 0.2) is 11.5 Å². The Bertz CT molecular complexity index is 635. The lowest BCUT2D eigenvalue weighted by molar-refractivity contribution is -0.129. The summed E-state index contributed by atoms with van der Waals surface area (Å²) in [5.74, 6) is -0.572. The van der Waals surface area contributed by atoms with Crippen LogP contribution in [-0.2, 0) is 14.3 Å². The van der Waals surface area contributed by atoms with Crippen molar-refractivity contribution < 1.29 is 24.2 Å². The number of ketones is 1. The minimum Gasteiger partial charge on any atom is -0.503 e. The first-order chi connectivity index (χ1) is 11.5. The summed E-state index contributed by atoms with van der Waals surface area (Å²) in [4.78, 5) is 25.9. The average molecular weight is 333 g/mol. The molecule has 1 atom stereocenters. The molecule has 0 radical (unpaired) electrons. The Hall–Kier alpha value is -2.34. The van der Waals surface area contributed by atoms with Crippen molar-refractivity contribution in [3.05, 3.63) is 41.2 Å². The maximum atomic E-state index is 12.4. The van der Waals surface area contributed by atoms with Crippen molar-refractivity contribution in [1.82, 2.24) is 4.90 Å². The van der Waals surface area contributed by atoms with E-state index in [9.17, 15) is 14.7 Å². The van der Waals surface area contributed by atoms with Crippen LogP contribution in [0.4, 0.5) is 0 Å². The number of aliphatic hydroxyl groups is 1. The summed E-state index contributed by atoms with van der Waals surface area (Å²) in [5.41, 5.74) is 0.903. The molecule has 6 nitrogen and oxygen atoms in total. The molecule has 0 fully saturated rings. The van der Waals surface area contributed by atoms with Crippen LogP contribution in [0.1, 0.15) is 31.9 Å². The number of hydrogen-bond acceptors (Lipinski definition) is 5. The highest BCUT2D eigenvalue weighted by Gasteiger charge is 2.41. The summed E-state index contributed by atoms with van der Waals surface area (Å²) in [6.07, 6.45) is 0.619. The van der Waals surface area contributed by atoms with Crippen molar-refractivity contribution in [2.24, 2.45) is 0 Å². The van der Waals surface area contributed by atoms with Gasteiger partial charge in [-0.05, 0) is 38.0 Å². The highest BCUT2D eigenvalue weighted by Crippen LogP contribution is 2.38. The van der Waals surface area contributed by atoms with Crippen LogP contribution in [0.25, 0.3) is 0 Å². The molecule has 0 saturated heterocycles. The Labute approximate surface area is 141 Å². The highest BCUT2D eigenvalue weighted by molar-refractivity contribution is 6.08. The number of nitrogens with zero attached hydrogens (tertiary/aromatic N) is 1. The number of carbonyl (C=O) groups is 2. The normalized spacial score (nSPS) is 17.5. The molecule has 130 valence electrons. The number of amides is 1. The molecule has 1 aliphatic heterocycles. The number of methoxy groups -OCH3 is 1. The molecule has 1 aromatic carbocycles. The second-order valence-corrected chi connectivity index (χ2v) is 5.57. The highest BCUT2D eigenvalue weighted by atomic mass is 16.5. The largest absolute Gasteiger partial charge is 0.503 e. The maximum absolute atomic E-state index is 12.4. The van der Waals surface area contributed by atoms with E-state index in [1.54, 1.807) is 19.2 Å². The van der Waals surface area contributed by atoms with Gasteiger partial charge in [-0.2, -0.15) is 0 Å². The Kier molecular flexibility index (Phi) is 5.98. The van der Waals surface area contributed by atoms with Gasteiger partial charge in [0.25, 0.3) is 5.91 Å². The quantitative estimate of drug-likeness (QED) is 0.739. The molecular formula is C18H23NO5. The average Bonchev–Trinajstić information content (AvgIpc) is 2.81. The predicted molar refractivity (Wildman–Crippen MR) is 88.9 cm³/mol. The summed E-state index contributed by atoms with van der Waals surface area (Å²) < 4.78 is 10.4. The van der Waals surface area contributed by atoms with Crippen LogP contribution in [0.5, 0.6) is 5.75 Å². The van der Waals surface area contributed by atoms with Crippen molar-refractivity contribution in [2.75, 3.05) is 26.9 Å². The van der Waals surface area contributed by atoms with Gasteiger partial charge in [0, 0.05) is 20.3 Å². The van der Waals surface area contributed by atoms with E-state index in [-0.39, 0.29) is 11.4 Å². The minimum absolute atomic E-state index is 0.140. The van der Waals surface area contributed by atoms with Gasteiger partial charge in [0.1, 0.15) is 5.75 Å². The van der Waals surface area contributed by atoms with Crippen molar-refractivity contribution in [3.63, 3.8) is 0 Å². The number of aliphatic hydroxyl groups excluding tert-OH is 1. The third-order valence-electron chi connectivity index (χ3n) is 3.94. The molecule has 0 bridgehead atoms. The van der Waals surface area contributed by atoms with Crippen LogP contribution in [0.2, 0.25) is 0 Å². The Morgan fingerprint density at radius 2 is 1.96 bits per heavy atom. The fraction of sp³-hybridized carbons (Fsp3) is 0.444. The first-order valence-corrected chi connectivity index (χ1v) is 7.98. The second kappa shape index (κ2) is 7.97. The maximum Gasteiger partial charge on any atom is 0.290 e. The van der Waals surface area contributed by atoms with Gasteiger partial charge in [-0.25, -0.2) is 0 Å². The fourth-order valence-electron chi connectivity index (χ4n) is 2.88. The Balaban J connectivity index is 2.35. The van der Waals surface area contributed by atoms with Crippen molar-refractivity contribution >= 4 is 11.7 Å². The van der Waals surface area contributed by atoms with Crippen LogP contribution in [0.15, 0.2) is 35.6 Å². The lowest BCUT2D eigenvalue weighted by atomic mass is 9.96. The van der Waals surface area contributed by atoms with Gasteiger partial charge in [0.2, 0.25) is 0 Å². The summed E-state index contributed by atoms with van der Waals surface area (Å²) in [7, 11) is 1.59. The molecule has 1 N–H and O–H groups in total. The molecule has 0 aliphatic carbocycles. The number of carbonyl (C=O) groups excluding carboxylic acids is 2. The number of Topliss-reactive ketones (excluding diaryl/α,β-unsaturated/α-hetero) is 1. The number of hydrogen-bond donors (Lipinski definition) is 1. The van der Waals surface area contributed by atoms with E-state index in [1.807, 2.05) is 19.1 Å². The Morgan fingerprint density at radius 1 is 1.29 bits per heavy atom. The van der Waals surface area contributed by atoms with Crippen LogP contribution in [0, 0.1) is 0 Å². The molecule has 0 saturated carbocycles. The first-order valence-electron chi connectivity index (χ1n) is 7.98. The van der Waals surface area contributed by atoms with Crippen LogP contribution in [0.3, 0.4) is 0 Å². The van der Waals surface area contributed by atoms with Gasteiger partial charge in [-0.1, -0.05) is 12.1 Å². The second-order valence-electron chi connectivity index (χ2n) is 5.57. The number of ether oxygens (including phenoxy) is 2. The van der Waals surface area contributed by atoms with E-state index in [0.717, 1.165) is 5.56 Å². The van der Waals surface area contributed by atoms with Crippen molar-refractivity contribution in [2.45, 2.75) is 26.3 Å². The molecule has 1 aromatic rings. The van der Waals surface area contributed by atoms with Gasteiger partial charge < -0.3 is 19.5 Å². The lowest BCUT2D eigenvalue weighted by Gasteiger charge is -2.26. The van der Waals surface area contributed by atoms with Crippen LogP contribution < -0.4 is 4.74 Å². The molecule has 1 aliphatic rings. The van der Waals surface area contributed by atoms with E-state index < -0.39 is 17.7 Å². The summed E-state index contributed by atoms with van der Waals surface area (Å²) in [6, 6.07) is 6.64. The topological polar surface area (TPSA) is 76.1 Å². The Morgan fingerprint density at radius 3 is 2.50 bits per heavy atom. The third-order valence-corrected chi connectivity index (χ3v) is 3.94. The molecule has 0 aromatic heterocycles. The van der Waals surface area contributed by atoms with Gasteiger partial charge in [0.05, 0.1) is 18.2 Å². The summed E-state index contributed by atoms with van der Waals surface area (Å²) in [6.45, 7) is 4.71. The number of rotatable bonds is 8. The fourth-order valence-corrected chi connectivity index (χ4v) is 2.88. The predicted octanol–water partition coefficient (Wildman–Crippen LogP) is 2.41. The van der Waals surface area contributed by atoms with E-state index in [2.05, 4.69) is 0 Å². The standard InChI is InChI=1S/C18H23NO5/c1-4-24-14-8-6-13(7-9-14)16-15(12(2)20)17(21)18(22)19(16)10-5-11-23-3/h6-9,16,21H,4-5,10-11H2,1-3H3/t16-/m1/s1. The molecule has 1 amide bonds. The molecule has 6 heteroatoms. The molecule has 1 heterocycles. The lowest BCUT2D eigenvalue weighted by Crippen LogP contribution is -2.32. The zero-order valence-corrected chi connectivity index (χ0v) is 14.2. The van der Waals surface area contributed by atoms with E-state index in [4.69, 9.17) is 9.47 Å². The van der Waals surface area contributed by atoms with Crippen molar-refractivity contribution in [3.8, 4) is 5.75 Å². The smallest absolute Gasteiger partial charge is 0.290 e. The SMILES string of the molecule is CCOc1ccc([C@@H]2C(C(C)=O)=C(O)C(=O)N2CCCOC)cc1. The van der Waals surface area contributed by atoms with E-state index in [1.165, 1.54) is 11.8 Å². The molecule has 24 heavy (non-hydrogen) atoms. The van der Waals surface area contributed by atoms with E-state index in [0.29, 0.717) is 31.9 Å². The van der Waals surface area contributed by atoms with E-state index >= 15 is 0 Å². The minimum atomic E-state index is -0.581. The molecular weight excluding hydrogens is 310 g/mol. The van der Waals surface area contributed by atoms with Crippen LogP contribution >= 0.6 is 0 Å².